The largest absolute Gasteiger partial charge is 0.453 e. The Bertz CT molecular complexity index is 668. The Balaban J connectivity index is 1.45. The summed E-state index contributed by atoms with van der Waals surface area (Å²) in [5.74, 6) is 0. The highest BCUT2D eigenvalue weighted by Gasteiger charge is 2.19. The molecule has 0 saturated carbocycles. The number of nitrogens with zero attached hydrogens (tertiary/aromatic N) is 2. The van der Waals surface area contributed by atoms with Gasteiger partial charge in [0.2, 0.25) is 0 Å². The Morgan fingerprint density at radius 2 is 1.92 bits per heavy atom. The number of pyridine rings is 1. The van der Waals surface area contributed by atoms with Gasteiger partial charge in [0.05, 0.1) is 7.11 Å². The minimum atomic E-state index is -0.457. The Labute approximate surface area is 148 Å². The number of rotatable bonds is 5. The average Bonchev–Trinajstić information content (AvgIpc) is 2.66. The molecule has 0 spiro atoms. The number of hydrogen-bond donors (Lipinski definition) is 2. The first-order valence-corrected chi connectivity index (χ1v) is 8.56. The van der Waals surface area contributed by atoms with E-state index in [1.54, 1.807) is 0 Å². The minimum Gasteiger partial charge on any atom is -0.453 e. The Hall–Kier alpha value is -2.60. The van der Waals surface area contributed by atoms with Crippen LogP contribution in [0.3, 0.4) is 0 Å². The second kappa shape index (κ2) is 8.48. The van der Waals surface area contributed by atoms with E-state index in [4.69, 9.17) is 0 Å². The van der Waals surface area contributed by atoms with Crippen LogP contribution >= 0.6 is 0 Å². The van der Waals surface area contributed by atoms with Crippen molar-refractivity contribution >= 4 is 17.5 Å². The molecule has 6 nitrogen and oxygen atoms in total. The summed E-state index contributed by atoms with van der Waals surface area (Å²) in [6.45, 7) is 3.12. The van der Waals surface area contributed by atoms with Gasteiger partial charge in [-0.2, -0.15) is 0 Å². The third-order valence-corrected chi connectivity index (χ3v) is 4.40. The number of ether oxygens (including phenoxy) is 1. The number of carbonyl (C=O) groups excluding carboxylic acids is 1. The van der Waals surface area contributed by atoms with Crippen LogP contribution in [-0.2, 0) is 11.3 Å². The van der Waals surface area contributed by atoms with E-state index >= 15 is 0 Å². The van der Waals surface area contributed by atoms with Gasteiger partial charge in [0.15, 0.2) is 0 Å². The molecule has 6 heteroatoms. The zero-order valence-electron chi connectivity index (χ0n) is 14.4. The molecule has 0 aliphatic carbocycles. The van der Waals surface area contributed by atoms with E-state index in [1.165, 1.54) is 12.7 Å². The standard InChI is InChI=1S/C19H24N4O2/c1-25-19(24)22-17-6-4-16(5-7-17)21-18-8-11-23(12-9-18)14-15-3-2-10-20-13-15/h2-7,10,13,18,21H,8-9,11-12,14H2,1H3,(H,22,24). The van der Waals surface area contributed by atoms with Crippen molar-refractivity contribution in [3.05, 3.63) is 54.4 Å². The van der Waals surface area contributed by atoms with Crippen molar-refractivity contribution in [2.45, 2.75) is 25.4 Å². The van der Waals surface area contributed by atoms with Gasteiger partial charge >= 0.3 is 6.09 Å². The molecule has 2 N–H and O–H groups in total. The van der Waals surface area contributed by atoms with Crippen molar-refractivity contribution in [3.63, 3.8) is 0 Å². The number of hydrogen-bond acceptors (Lipinski definition) is 5. The van der Waals surface area contributed by atoms with E-state index in [2.05, 4.69) is 31.3 Å². The molecular formula is C19H24N4O2. The highest BCUT2D eigenvalue weighted by Crippen LogP contribution is 2.20. The average molecular weight is 340 g/mol. The first-order chi connectivity index (χ1) is 12.2. The molecule has 25 heavy (non-hydrogen) atoms. The smallest absolute Gasteiger partial charge is 0.411 e. The van der Waals surface area contributed by atoms with Gasteiger partial charge in [0, 0.05) is 49.4 Å². The van der Waals surface area contributed by atoms with Crippen molar-refractivity contribution in [1.29, 1.82) is 0 Å². The number of carbonyl (C=O) groups is 1. The molecule has 1 aromatic heterocycles. The summed E-state index contributed by atoms with van der Waals surface area (Å²) in [7, 11) is 1.35. The molecule has 2 aromatic rings. The number of anilines is 2. The van der Waals surface area contributed by atoms with Crippen LogP contribution in [0.5, 0.6) is 0 Å². The molecular weight excluding hydrogens is 316 g/mol. The maximum Gasteiger partial charge on any atom is 0.411 e. The zero-order chi connectivity index (χ0) is 17.5. The van der Waals surface area contributed by atoms with Gasteiger partial charge in [-0.3, -0.25) is 15.2 Å². The van der Waals surface area contributed by atoms with Crippen LogP contribution in [0, 0.1) is 0 Å². The van der Waals surface area contributed by atoms with Crippen LogP contribution < -0.4 is 10.6 Å². The maximum absolute atomic E-state index is 11.2. The number of aromatic nitrogens is 1. The van der Waals surface area contributed by atoms with Crippen molar-refractivity contribution in [2.24, 2.45) is 0 Å². The molecule has 3 rings (SSSR count). The van der Waals surface area contributed by atoms with E-state index in [-0.39, 0.29) is 0 Å². The number of nitrogens with one attached hydrogen (secondary N) is 2. The molecule has 1 saturated heterocycles. The van der Waals surface area contributed by atoms with Crippen LogP contribution in [-0.4, -0.2) is 42.2 Å². The lowest BCUT2D eigenvalue weighted by Crippen LogP contribution is -2.38. The highest BCUT2D eigenvalue weighted by molar-refractivity contribution is 5.84. The highest BCUT2D eigenvalue weighted by atomic mass is 16.5. The lowest BCUT2D eigenvalue weighted by molar-refractivity contribution is 0.187. The maximum atomic E-state index is 11.2. The lowest BCUT2D eigenvalue weighted by Gasteiger charge is -2.32. The van der Waals surface area contributed by atoms with E-state index in [0.717, 1.165) is 43.9 Å². The third-order valence-electron chi connectivity index (χ3n) is 4.40. The van der Waals surface area contributed by atoms with Gasteiger partial charge in [-0.25, -0.2) is 4.79 Å². The number of piperidine rings is 1. The van der Waals surface area contributed by atoms with Gasteiger partial charge in [-0.15, -0.1) is 0 Å². The number of amides is 1. The first kappa shape index (κ1) is 17.2. The molecule has 1 fully saturated rings. The molecule has 1 aliphatic rings. The van der Waals surface area contributed by atoms with Gasteiger partial charge in [0.1, 0.15) is 0 Å². The Morgan fingerprint density at radius 3 is 2.56 bits per heavy atom. The van der Waals surface area contributed by atoms with E-state index in [9.17, 15) is 4.79 Å². The Morgan fingerprint density at radius 1 is 1.20 bits per heavy atom. The van der Waals surface area contributed by atoms with E-state index in [0.29, 0.717) is 6.04 Å². The van der Waals surface area contributed by atoms with Gasteiger partial charge in [0.25, 0.3) is 0 Å². The molecule has 0 atom stereocenters. The summed E-state index contributed by atoms with van der Waals surface area (Å²) in [6.07, 6.45) is 5.52. The summed E-state index contributed by atoms with van der Waals surface area (Å²) in [5, 5.41) is 6.23. The quantitative estimate of drug-likeness (QED) is 0.874. The molecule has 0 radical (unpaired) electrons. The first-order valence-electron chi connectivity index (χ1n) is 8.56. The summed E-state index contributed by atoms with van der Waals surface area (Å²) in [6, 6.07) is 12.3. The van der Waals surface area contributed by atoms with Crippen LogP contribution in [0.2, 0.25) is 0 Å². The molecule has 0 unspecified atom stereocenters. The molecule has 1 aromatic carbocycles. The van der Waals surface area contributed by atoms with Crippen LogP contribution in [0.25, 0.3) is 0 Å². The predicted octanol–water partition coefficient (Wildman–Crippen LogP) is 3.34. The van der Waals surface area contributed by atoms with Crippen molar-refractivity contribution in [3.8, 4) is 0 Å². The lowest BCUT2D eigenvalue weighted by atomic mass is 10.0. The van der Waals surface area contributed by atoms with Crippen molar-refractivity contribution in [1.82, 2.24) is 9.88 Å². The fourth-order valence-corrected chi connectivity index (χ4v) is 3.04. The number of benzene rings is 1. The Kier molecular flexibility index (Phi) is 5.85. The number of methoxy groups -OCH3 is 1. The van der Waals surface area contributed by atoms with Crippen LogP contribution in [0.4, 0.5) is 16.2 Å². The van der Waals surface area contributed by atoms with Crippen LogP contribution in [0.15, 0.2) is 48.8 Å². The summed E-state index contributed by atoms with van der Waals surface area (Å²) >= 11 is 0. The summed E-state index contributed by atoms with van der Waals surface area (Å²) in [4.78, 5) is 17.8. The zero-order valence-corrected chi connectivity index (χ0v) is 14.4. The summed E-state index contributed by atoms with van der Waals surface area (Å²) in [5.41, 5.74) is 3.06. The monoisotopic (exact) mass is 340 g/mol. The molecule has 132 valence electrons. The van der Waals surface area contributed by atoms with Gasteiger partial charge < -0.3 is 10.1 Å². The second-order valence-electron chi connectivity index (χ2n) is 6.25. The molecule has 1 amide bonds. The molecule has 1 aliphatic heterocycles. The van der Waals surface area contributed by atoms with Gasteiger partial charge in [-0.05, 0) is 48.7 Å². The normalized spacial score (nSPS) is 15.6. The molecule has 0 bridgehead atoms. The second-order valence-corrected chi connectivity index (χ2v) is 6.25. The molecule has 2 heterocycles. The van der Waals surface area contributed by atoms with E-state index < -0.39 is 6.09 Å². The van der Waals surface area contributed by atoms with Crippen LogP contribution in [0.1, 0.15) is 18.4 Å². The number of likely N-dealkylation sites (tertiary alicyclic amines) is 1. The van der Waals surface area contributed by atoms with Gasteiger partial charge in [-0.1, -0.05) is 6.07 Å². The topological polar surface area (TPSA) is 66.5 Å². The SMILES string of the molecule is COC(=O)Nc1ccc(NC2CCN(Cc3cccnc3)CC2)cc1. The minimum absolute atomic E-state index is 0.457. The fourth-order valence-electron chi connectivity index (χ4n) is 3.04. The fraction of sp³-hybridized carbons (Fsp3) is 0.368. The summed E-state index contributed by atoms with van der Waals surface area (Å²) < 4.78 is 4.58. The van der Waals surface area contributed by atoms with Crippen molar-refractivity contribution in [2.75, 3.05) is 30.8 Å². The third kappa shape index (κ3) is 5.19. The van der Waals surface area contributed by atoms with E-state index in [1.807, 2.05) is 42.7 Å². The predicted molar refractivity (Wildman–Crippen MR) is 98.6 cm³/mol. The van der Waals surface area contributed by atoms with Crippen molar-refractivity contribution < 1.29 is 9.53 Å².